The fourth-order valence-corrected chi connectivity index (χ4v) is 0. The van der Waals surface area contributed by atoms with E-state index in [9.17, 15) is 0 Å². The molecule has 0 heterocycles. The second kappa shape index (κ2) is 1.92. The second-order valence-electron chi connectivity index (χ2n) is 0.509. The quantitative estimate of drug-likeness (QED) is 0.151. The van der Waals surface area contributed by atoms with Gasteiger partial charge in [0, 0.05) is 0 Å². The first-order valence-corrected chi connectivity index (χ1v) is 1.44. The van der Waals surface area contributed by atoms with E-state index in [0.717, 1.165) is 0 Å². The summed E-state index contributed by atoms with van der Waals surface area (Å²) >= 11 is 4.24. The molecule has 5 N–H and O–H groups in total. The van der Waals surface area contributed by atoms with Crippen LogP contribution in [0.4, 0.5) is 0 Å². The number of rotatable bonds is 0. The van der Waals surface area contributed by atoms with Gasteiger partial charge in [0.2, 0.25) is 0 Å². The van der Waals surface area contributed by atoms with Crippen LogP contribution in [0.25, 0.3) is 0 Å². The molecule has 4 heteroatoms. The summed E-state index contributed by atoms with van der Waals surface area (Å²) in [6, 6.07) is 0. The minimum Gasteiger partial charge on any atom is -0.375 e. The molecule has 0 aliphatic rings. The Balaban J connectivity index is 2.85. The maximum atomic E-state index is 4.79. The van der Waals surface area contributed by atoms with Crippen molar-refractivity contribution in [3.63, 3.8) is 0 Å². The Morgan fingerprint density at radius 3 is 2.00 bits per heavy atom. The van der Waals surface area contributed by atoms with E-state index in [4.69, 9.17) is 5.73 Å². The average molecular weight is 94.1 g/mol. The fourth-order valence-electron chi connectivity index (χ4n) is 0. The smallest absolute Gasteiger partial charge is 0.177 e. The van der Waals surface area contributed by atoms with Crippen molar-refractivity contribution in [1.82, 2.24) is 5.43 Å². The zero-order valence-electron chi connectivity index (χ0n) is 2.56. The van der Waals surface area contributed by atoms with Gasteiger partial charge in [-0.1, -0.05) is 0 Å². The molecule has 0 aromatic carbocycles. The summed E-state index contributed by atoms with van der Waals surface area (Å²) in [4.78, 5) is 0. The van der Waals surface area contributed by atoms with Gasteiger partial charge in [0.1, 0.15) is 0 Å². The van der Waals surface area contributed by atoms with Gasteiger partial charge >= 0.3 is 0 Å². The van der Waals surface area contributed by atoms with E-state index in [-0.39, 0.29) is 5.11 Å². The molecule has 0 unspecified atom stereocenters. The highest BCUT2D eigenvalue weighted by Crippen LogP contribution is 1.40. The van der Waals surface area contributed by atoms with E-state index in [0.29, 0.717) is 0 Å². The predicted molar refractivity (Wildman–Crippen MR) is 24.1 cm³/mol. The lowest BCUT2D eigenvalue weighted by Gasteiger charge is -1.85. The summed E-state index contributed by atoms with van der Waals surface area (Å²) in [5.74, 6) is 4.66. The lowest BCUT2D eigenvalue weighted by atomic mass is 11.4. The fraction of sp³-hybridized carbons (Fsp3) is 0. The van der Waals surface area contributed by atoms with Crippen LogP contribution in [0, 0.1) is 0 Å². The van der Waals surface area contributed by atoms with Crippen molar-refractivity contribution in [3.05, 3.63) is 0 Å². The Morgan fingerprint density at radius 1 is 1.80 bits per heavy atom. The Bertz CT molecular complexity index is 42.2. The SMILES string of the molecule is [15NH2][15NH]C([15NH2])=S. The number of hydrogen-bond acceptors (Lipinski definition) is 2. The molecule has 0 saturated heterocycles. The first-order valence-electron chi connectivity index (χ1n) is 1.03. The number of nitrogens with two attached hydrogens (primary N) is 2. The van der Waals surface area contributed by atoms with Gasteiger partial charge in [-0.2, -0.15) is 0 Å². The highest BCUT2D eigenvalue weighted by molar-refractivity contribution is 7.80. The minimum absolute atomic E-state index is 0.116. The molecule has 0 atom stereocenters. The van der Waals surface area contributed by atoms with E-state index < -0.39 is 0 Å². The molecule has 0 rings (SSSR count). The molecule has 3 nitrogen and oxygen atoms in total. The molecule has 0 radical (unpaired) electrons. The highest BCUT2D eigenvalue weighted by atomic mass is 32.1. The summed E-state index contributed by atoms with van der Waals surface area (Å²) in [5, 5.41) is 0.116. The predicted octanol–water partition coefficient (Wildman–Crippen LogP) is -1.31. The first kappa shape index (κ1) is 4.65. The van der Waals surface area contributed by atoms with Crippen LogP contribution >= 0.6 is 12.2 Å². The van der Waals surface area contributed by atoms with Gasteiger partial charge in [0.25, 0.3) is 0 Å². The van der Waals surface area contributed by atoms with Gasteiger partial charge in [-0.05, 0) is 12.2 Å². The number of hydrazine groups is 1. The summed E-state index contributed by atoms with van der Waals surface area (Å²) < 4.78 is 0. The lowest BCUT2D eigenvalue weighted by Crippen LogP contribution is -2.34. The van der Waals surface area contributed by atoms with Crippen LogP contribution in [0.15, 0.2) is 0 Å². The van der Waals surface area contributed by atoms with Crippen molar-refractivity contribution in [2.24, 2.45) is 11.6 Å². The van der Waals surface area contributed by atoms with Crippen LogP contribution in [-0.4, -0.2) is 5.11 Å². The van der Waals surface area contributed by atoms with E-state index in [1.807, 2.05) is 5.43 Å². The second-order valence-corrected chi connectivity index (χ2v) is 0.948. The number of nitrogens with one attached hydrogen (secondary N) is 1. The molecule has 0 amide bonds. The van der Waals surface area contributed by atoms with Crippen LogP contribution < -0.4 is 17.0 Å². The molecule has 0 aliphatic carbocycles. The Hall–Kier alpha value is -0.350. The standard InChI is InChI=1S/CH5N3S/c2-1(5)4-3/h3H2,(H3,2,4,5)/i2+1,3+1,4+1. The molecule has 0 fully saturated rings. The normalized spacial score (nSPS) is 6.60. The average Bonchev–Trinajstić information content (AvgIpc) is 1.38. The molecule has 0 aromatic rings. The molecule has 0 bridgehead atoms. The third-order valence-corrected chi connectivity index (χ3v) is 0.260. The molecule has 0 aliphatic heterocycles. The maximum Gasteiger partial charge on any atom is 0.177 e. The third-order valence-electron chi connectivity index (χ3n) is 0.142. The summed E-state index contributed by atoms with van der Waals surface area (Å²) in [6.07, 6.45) is 0. The van der Waals surface area contributed by atoms with Gasteiger partial charge in [-0.15, -0.1) is 0 Å². The monoisotopic (exact) mass is 94.0 g/mol. The van der Waals surface area contributed by atoms with Gasteiger partial charge in [0.05, 0.1) is 0 Å². The summed E-state index contributed by atoms with van der Waals surface area (Å²) in [7, 11) is 0. The Labute approximate surface area is 35.3 Å². The van der Waals surface area contributed by atoms with Gasteiger partial charge < -0.3 is 11.2 Å². The largest absolute Gasteiger partial charge is 0.375 e. The summed E-state index contributed by atoms with van der Waals surface area (Å²) in [5.41, 5.74) is 6.82. The van der Waals surface area contributed by atoms with E-state index in [1.165, 1.54) is 0 Å². The topological polar surface area (TPSA) is 64.1 Å². The number of thiocarbonyl (C=S) groups is 1. The molecule has 5 heavy (non-hydrogen) atoms. The van der Waals surface area contributed by atoms with E-state index >= 15 is 0 Å². The van der Waals surface area contributed by atoms with Crippen LogP contribution in [0.1, 0.15) is 0 Å². The zero-order valence-corrected chi connectivity index (χ0v) is 3.38. The van der Waals surface area contributed by atoms with Crippen molar-refractivity contribution < 1.29 is 0 Å². The van der Waals surface area contributed by atoms with Crippen molar-refractivity contribution in [2.45, 2.75) is 0 Å². The minimum atomic E-state index is 0.116. The van der Waals surface area contributed by atoms with Gasteiger partial charge in [-0.3, -0.25) is 0 Å². The van der Waals surface area contributed by atoms with Crippen LogP contribution in [0.3, 0.4) is 0 Å². The van der Waals surface area contributed by atoms with Crippen LogP contribution in [0.5, 0.6) is 0 Å². The Morgan fingerprint density at radius 2 is 2.00 bits per heavy atom. The van der Waals surface area contributed by atoms with Crippen molar-refractivity contribution in [3.8, 4) is 0 Å². The van der Waals surface area contributed by atoms with Crippen LogP contribution in [0.2, 0.25) is 0 Å². The molecule has 0 aromatic heterocycles. The zero-order chi connectivity index (χ0) is 4.28. The van der Waals surface area contributed by atoms with Crippen molar-refractivity contribution in [2.75, 3.05) is 0 Å². The molecule has 0 spiro atoms. The molecule has 30 valence electrons. The van der Waals surface area contributed by atoms with Gasteiger partial charge in [-0.25, -0.2) is 5.84 Å². The van der Waals surface area contributed by atoms with Crippen molar-refractivity contribution in [1.29, 1.82) is 0 Å². The molecular weight excluding hydrogens is 89.1 g/mol. The van der Waals surface area contributed by atoms with Crippen molar-refractivity contribution >= 4 is 17.3 Å². The maximum absolute atomic E-state index is 4.79. The Kier molecular flexibility index (Phi) is 1.79. The summed E-state index contributed by atoms with van der Waals surface area (Å²) in [6.45, 7) is 0. The first-order chi connectivity index (χ1) is 2.27. The van der Waals surface area contributed by atoms with E-state index in [2.05, 4.69) is 18.1 Å². The van der Waals surface area contributed by atoms with E-state index in [1.54, 1.807) is 0 Å². The van der Waals surface area contributed by atoms with Crippen LogP contribution in [-0.2, 0) is 0 Å². The highest BCUT2D eigenvalue weighted by Gasteiger charge is 1.66. The molecular formula is CH5N3S. The number of hydrogen-bond donors (Lipinski definition) is 3. The third kappa shape index (κ3) is 3.65. The lowest BCUT2D eigenvalue weighted by molar-refractivity contribution is 1.03. The van der Waals surface area contributed by atoms with Gasteiger partial charge in [0.15, 0.2) is 5.11 Å². The molecule has 0 saturated carbocycles.